The van der Waals surface area contributed by atoms with Gasteiger partial charge in [0.25, 0.3) is 5.69 Å². The largest absolute Gasteiger partial charge is 0.370 e. The minimum Gasteiger partial charge on any atom is -0.370 e. The third-order valence-corrected chi connectivity index (χ3v) is 5.80. The fourth-order valence-corrected chi connectivity index (χ4v) is 4.45. The van der Waals surface area contributed by atoms with Crippen molar-refractivity contribution in [3.63, 3.8) is 0 Å². The highest BCUT2D eigenvalue weighted by Gasteiger charge is 2.32. The second kappa shape index (κ2) is 7.68. The first-order valence-corrected chi connectivity index (χ1v) is 10.0. The highest BCUT2D eigenvalue weighted by atomic mass is 16.6. The van der Waals surface area contributed by atoms with E-state index in [0.717, 1.165) is 56.8 Å². The van der Waals surface area contributed by atoms with Gasteiger partial charge in [0.2, 0.25) is 0 Å². The smallest absolute Gasteiger partial charge is 0.294 e. The van der Waals surface area contributed by atoms with E-state index in [1.807, 2.05) is 6.07 Å². The lowest BCUT2D eigenvalue weighted by atomic mass is 9.95. The van der Waals surface area contributed by atoms with Crippen LogP contribution in [0.3, 0.4) is 0 Å². The van der Waals surface area contributed by atoms with Gasteiger partial charge in [-0.05, 0) is 51.3 Å². The summed E-state index contributed by atoms with van der Waals surface area (Å²) in [7, 11) is 0. The second-order valence-corrected chi connectivity index (χ2v) is 7.39. The van der Waals surface area contributed by atoms with Crippen LogP contribution in [0, 0.1) is 10.1 Å². The number of nitro groups is 1. The first-order chi connectivity index (χ1) is 13.2. The van der Waals surface area contributed by atoms with Crippen LogP contribution in [0.25, 0.3) is 5.69 Å². The molecule has 0 bridgehead atoms. The number of nitrogens with one attached hydrogen (secondary N) is 1. The summed E-state index contributed by atoms with van der Waals surface area (Å²) in [5.74, 6) is 0.943. The molecule has 2 aliphatic rings. The minimum atomic E-state index is -0.321. The van der Waals surface area contributed by atoms with Crippen molar-refractivity contribution in [1.82, 2.24) is 14.7 Å². The number of nitrogens with zero attached hydrogens (tertiary/aromatic N) is 4. The zero-order chi connectivity index (χ0) is 18.8. The lowest BCUT2D eigenvalue weighted by Gasteiger charge is -2.34. The second-order valence-electron chi connectivity index (χ2n) is 7.39. The summed E-state index contributed by atoms with van der Waals surface area (Å²) in [6, 6.07) is 7.20. The highest BCUT2D eigenvalue weighted by Crippen LogP contribution is 2.38. The Labute approximate surface area is 159 Å². The van der Waals surface area contributed by atoms with Gasteiger partial charge in [-0.25, -0.2) is 4.68 Å². The number of piperidine rings is 1. The maximum atomic E-state index is 11.6. The van der Waals surface area contributed by atoms with E-state index in [0.29, 0.717) is 11.7 Å². The number of para-hydroxylation sites is 2. The maximum absolute atomic E-state index is 11.6. The van der Waals surface area contributed by atoms with Crippen molar-refractivity contribution in [3.8, 4) is 5.69 Å². The van der Waals surface area contributed by atoms with E-state index in [-0.39, 0.29) is 10.6 Å². The Bertz CT molecular complexity index is 832. The molecule has 1 aromatic carbocycles. The van der Waals surface area contributed by atoms with Crippen LogP contribution in [-0.2, 0) is 6.42 Å². The summed E-state index contributed by atoms with van der Waals surface area (Å²) in [4.78, 5) is 13.8. The Morgan fingerprint density at radius 2 is 2.11 bits per heavy atom. The first-order valence-electron chi connectivity index (χ1n) is 10.0. The Morgan fingerprint density at radius 3 is 2.93 bits per heavy atom. The Morgan fingerprint density at radius 1 is 1.26 bits per heavy atom. The molecule has 7 nitrogen and oxygen atoms in total. The fraction of sp³-hybridized carbons (Fsp3) is 0.550. The van der Waals surface area contributed by atoms with Gasteiger partial charge >= 0.3 is 0 Å². The van der Waals surface area contributed by atoms with Crippen LogP contribution in [0.2, 0.25) is 0 Å². The molecule has 1 saturated heterocycles. The third-order valence-electron chi connectivity index (χ3n) is 5.80. The highest BCUT2D eigenvalue weighted by molar-refractivity contribution is 5.60. The maximum Gasteiger partial charge on any atom is 0.294 e. The van der Waals surface area contributed by atoms with Gasteiger partial charge in [-0.1, -0.05) is 25.5 Å². The average molecular weight is 369 g/mol. The van der Waals surface area contributed by atoms with Gasteiger partial charge in [-0.15, -0.1) is 0 Å². The molecule has 144 valence electrons. The molecule has 0 saturated carbocycles. The van der Waals surface area contributed by atoms with Crippen LogP contribution in [0.5, 0.6) is 0 Å². The number of rotatable bonds is 4. The van der Waals surface area contributed by atoms with E-state index < -0.39 is 0 Å². The van der Waals surface area contributed by atoms with Crippen LogP contribution in [-0.4, -0.2) is 39.2 Å². The first kappa shape index (κ1) is 18.0. The normalized spacial score (nSPS) is 20.6. The van der Waals surface area contributed by atoms with Gasteiger partial charge in [0.05, 0.1) is 16.7 Å². The molecule has 3 heterocycles. The van der Waals surface area contributed by atoms with Crippen molar-refractivity contribution in [2.24, 2.45) is 0 Å². The molecule has 4 rings (SSSR count). The number of hydrogen-bond acceptors (Lipinski definition) is 5. The summed E-state index contributed by atoms with van der Waals surface area (Å²) < 4.78 is 1.79. The summed E-state index contributed by atoms with van der Waals surface area (Å²) in [6.07, 6.45) is 6.75. The quantitative estimate of drug-likeness (QED) is 0.649. The number of anilines is 1. The molecule has 1 aromatic heterocycles. The van der Waals surface area contributed by atoms with Gasteiger partial charge < -0.3 is 5.32 Å². The molecule has 2 aliphatic heterocycles. The van der Waals surface area contributed by atoms with Crippen molar-refractivity contribution in [3.05, 3.63) is 45.6 Å². The van der Waals surface area contributed by atoms with Crippen LogP contribution >= 0.6 is 0 Å². The molecule has 0 spiro atoms. The van der Waals surface area contributed by atoms with E-state index in [9.17, 15) is 10.1 Å². The van der Waals surface area contributed by atoms with E-state index in [2.05, 4.69) is 17.1 Å². The van der Waals surface area contributed by atoms with E-state index in [1.165, 1.54) is 18.4 Å². The minimum absolute atomic E-state index is 0.0939. The zero-order valence-electron chi connectivity index (χ0n) is 15.9. The van der Waals surface area contributed by atoms with Gasteiger partial charge in [0, 0.05) is 18.2 Å². The monoisotopic (exact) mass is 369 g/mol. The number of likely N-dealkylation sites (tertiary alicyclic amines) is 1. The number of nitro benzene ring substituents is 1. The van der Waals surface area contributed by atoms with E-state index >= 15 is 0 Å². The third kappa shape index (κ3) is 3.32. The molecule has 27 heavy (non-hydrogen) atoms. The molecular weight excluding hydrogens is 342 g/mol. The SMILES string of the molecule is CCN1CCCCC1c1nn(-c2ccccc2[N+](=O)[O-])c2c1CCCCN2. The Balaban J connectivity index is 1.86. The van der Waals surface area contributed by atoms with Crippen LogP contribution < -0.4 is 5.32 Å². The number of benzene rings is 1. The summed E-state index contributed by atoms with van der Waals surface area (Å²) in [5, 5.41) is 20.1. The molecule has 2 aromatic rings. The molecule has 0 amide bonds. The van der Waals surface area contributed by atoms with Gasteiger partial charge in [-0.2, -0.15) is 5.10 Å². The van der Waals surface area contributed by atoms with E-state index in [1.54, 1.807) is 22.9 Å². The zero-order valence-corrected chi connectivity index (χ0v) is 15.9. The topological polar surface area (TPSA) is 76.2 Å². The number of aromatic nitrogens is 2. The van der Waals surface area contributed by atoms with Crippen molar-refractivity contribution >= 4 is 11.5 Å². The molecule has 1 N–H and O–H groups in total. The molecule has 0 aliphatic carbocycles. The average Bonchev–Trinajstić information content (AvgIpc) is 2.88. The Kier molecular flexibility index (Phi) is 5.11. The van der Waals surface area contributed by atoms with Gasteiger partial charge in [-0.3, -0.25) is 15.0 Å². The summed E-state index contributed by atoms with van der Waals surface area (Å²) in [6.45, 7) is 5.18. The molecule has 0 radical (unpaired) electrons. The van der Waals surface area contributed by atoms with Crippen LogP contribution in [0.1, 0.15) is 56.3 Å². The van der Waals surface area contributed by atoms with Crippen molar-refractivity contribution in [1.29, 1.82) is 0 Å². The Hall–Kier alpha value is -2.41. The summed E-state index contributed by atoms with van der Waals surface area (Å²) in [5.41, 5.74) is 2.99. The summed E-state index contributed by atoms with van der Waals surface area (Å²) >= 11 is 0. The molecule has 1 unspecified atom stereocenters. The van der Waals surface area contributed by atoms with Crippen molar-refractivity contribution in [2.75, 3.05) is 25.0 Å². The molecular formula is C20H27N5O2. The number of hydrogen-bond donors (Lipinski definition) is 1. The van der Waals surface area contributed by atoms with Crippen LogP contribution in [0.15, 0.2) is 24.3 Å². The van der Waals surface area contributed by atoms with Gasteiger partial charge in [0.15, 0.2) is 0 Å². The molecule has 1 atom stereocenters. The lowest BCUT2D eigenvalue weighted by Crippen LogP contribution is -2.34. The molecule has 1 fully saturated rings. The fourth-order valence-electron chi connectivity index (χ4n) is 4.45. The van der Waals surface area contributed by atoms with Crippen molar-refractivity contribution in [2.45, 2.75) is 51.5 Å². The van der Waals surface area contributed by atoms with E-state index in [4.69, 9.17) is 5.10 Å². The predicted molar refractivity (Wildman–Crippen MR) is 105 cm³/mol. The molecule has 7 heteroatoms. The van der Waals surface area contributed by atoms with Crippen molar-refractivity contribution < 1.29 is 4.92 Å². The van der Waals surface area contributed by atoms with Gasteiger partial charge in [0.1, 0.15) is 11.5 Å². The standard InChI is InChI=1S/C20H27N5O2/c1-2-23-14-8-6-12-18(23)19-15-9-5-7-13-21-20(15)24(22-19)16-10-3-4-11-17(16)25(26)27/h3-4,10-11,18,21H,2,5-9,12-14H2,1H3. The number of fused-ring (bicyclic) bond motifs is 1. The van der Waals surface area contributed by atoms with Crippen LogP contribution in [0.4, 0.5) is 11.5 Å². The predicted octanol–water partition coefficient (Wildman–Crippen LogP) is 4.08. The lowest BCUT2D eigenvalue weighted by molar-refractivity contribution is -0.384.